The molecule has 0 aromatic heterocycles. The average Bonchev–Trinajstić information content (AvgIpc) is 2.89. The molecule has 18 nitrogen and oxygen atoms in total. The first-order valence-electron chi connectivity index (χ1n) is 14.1. The van der Waals surface area contributed by atoms with Crippen LogP contribution in [0.1, 0.15) is 66.2 Å². The van der Waals surface area contributed by atoms with Crippen LogP contribution >= 0.6 is 0 Å². The summed E-state index contributed by atoms with van der Waals surface area (Å²) in [6, 6.07) is -6.64. The van der Waals surface area contributed by atoms with E-state index in [-0.39, 0.29) is 37.7 Å². The Hall–Kier alpha value is -4.48. The van der Waals surface area contributed by atoms with Gasteiger partial charge in [-0.25, -0.2) is 4.79 Å². The lowest BCUT2D eigenvalue weighted by molar-refractivity contribution is -0.147. The second kappa shape index (κ2) is 19.7. The Morgan fingerprint density at radius 2 is 1.27 bits per heavy atom. The summed E-state index contributed by atoms with van der Waals surface area (Å²) in [5.74, 6) is -7.89. The van der Waals surface area contributed by atoms with Crippen molar-refractivity contribution in [2.24, 2.45) is 29.0 Å². The van der Waals surface area contributed by atoms with E-state index in [1.54, 1.807) is 13.8 Å². The summed E-state index contributed by atoms with van der Waals surface area (Å²) in [4.78, 5) is 86.1. The standard InChI is InChI=1S/C26H47N9O9/c1-12(2)10-14(27)21(39)35-20(13(3)4)24(42)33-15(6-5-9-31-26(29)30)22(40)32-16(7-8-18(28)36)23(41)34-17(25(43)44)11-19(37)38/h12-17,20H,5-11,27H2,1-4H3,(H2,28,36)(H,32,40)(H,33,42)(H,34,41)(H,35,39)(H,37,38)(H,43,44)(H4,29,30,31)/t14-,15-,16-,17-,20-/m0/s1. The van der Waals surface area contributed by atoms with Crippen LogP contribution in [0.25, 0.3) is 0 Å². The van der Waals surface area contributed by atoms with Gasteiger partial charge in [0.05, 0.1) is 12.5 Å². The molecule has 0 aliphatic carbocycles. The quantitative estimate of drug-likeness (QED) is 0.0345. The highest BCUT2D eigenvalue weighted by atomic mass is 16.4. The number of amides is 5. The maximum Gasteiger partial charge on any atom is 0.326 e. The SMILES string of the molecule is CC(C)C[C@H](N)C(=O)N[C@H](C(=O)N[C@@H](CCCNC(=N)N)C(=O)N[C@@H](CCC(N)=O)C(=O)N[C@@H](CC(=O)O)C(=O)O)C(C)C. The van der Waals surface area contributed by atoms with E-state index in [0.29, 0.717) is 6.42 Å². The van der Waals surface area contributed by atoms with Crippen molar-refractivity contribution in [3.05, 3.63) is 0 Å². The van der Waals surface area contributed by atoms with E-state index in [0.717, 1.165) is 0 Å². The molecule has 0 heterocycles. The molecule has 0 aromatic carbocycles. The van der Waals surface area contributed by atoms with Crippen LogP contribution in [0.2, 0.25) is 0 Å². The maximum atomic E-state index is 13.4. The van der Waals surface area contributed by atoms with Gasteiger partial charge < -0.3 is 54.0 Å². The van der Waals surface area contributed by atoms with Gasteiger partial charge >= 0.3 is 11.9 Å². The molecule has 0 aliphatic heterocycles. The van der Waals surface area contributed by atoms with Crippen molar-refractivity contribution >= 4 is 47.4 Å². The highest BCUT2D eigenvalue weighted by molar-refractivity contribution is 5.96. The molecular formula is C26H47N9O9. The lowest BCUT2D eigenvalue weighted by Gasteiger charge is -2.28. The molecule has 5 amide bonds. The summed E-state index contributed by atoms with van der Waals surface area (Å²) in [5.41, 5.74) is 16.4. The number of rotatable bonds is 21. The van der Waals surface area contributed by atoms with Gasteiger partial charge in [0.15, 0.2) is 5.96 Å². The summed E-state index contributed by atoms with van der Waals surface area (Å²) >= 11 is 0. The minimum absolute atomic E-state index is 0.0373. The highest BCUT2D eigenvalue weighted by Crippen LogP contribution is 2.09. The molecule has 0 saturated carbocycles. The molecule has 5 atom stereocenters. The summed E-state index contributed by atoms with van der Waals surface area (Å²) in [7, 11) is 0. The van der Waals surface area contributed by atoms with Gasteiger partial charge in [-0.2, -0.15) is 0 Å². The topological polar surface area (TPSA) is 322 Å². The molecule has 0 fully saturated rings. The minimum Gasteiger partial charge on any atom is -0.481 e. The first kappa shape index (κ1) is 39.5. The van der Waals surface area contributed by atoms with Crippen LogP contribution in [0.3, 0.4) is 0 Å². The smallest absolute Gasteiger partial charge is 0.326 e. The van der Waals surface area contributed by atoms with Gasteiger partial charge in [-0.15, -0.1) is 0 Å². The Balaban J connectivity index is 6.03. The molecule has 0 spiro atoms. The molecule has 0 saturated heterocycles. The molecule has 0 aliphatic rings. The van der Waals surface area contributed by atoms with Crippen molar-refractivity contribution in [2.75, 3.05) is 6.54 Å². The predicted octanol–water partition coefficient (Wildman–Crippen LogP) is -2.96. The number of primary amides is 1. The minimum atomic E-state index is -1.83. The molecule has 0 bridgehead atoms. The van der Waals surface area contributed by atoms with Crippen LogP contribution in [-0.2, 0) is 33.6 Å². The highest BCUT2D eigenvalue weighted by Gasteiger charge is 2.33. The maximum absolute atomic E-state index is 13.4. The molecule has 0 unspecified atom stereocenters. The Kier molecular flexibility index (Phi) is 17.7. The number of carboxylic acid groups (broad SMARTS) is 2. The number of carbonyl (C=O) groups excluding carboxylic acids is 5. The van der Waals surface area contributed by atoms with E-state index >= 15 is 0 Å². The molecular weight excluding hydrogens is 582 g/mol. The van der Waals surface area contributed by atoms with Crippen molar-refractivity contribution in [2.45, 2.75) is 96.4 Å². The van der Waals surface area contributed by atoms with Crippen molar-refractivity contribution in [3.63, 3.8) is 0 Å². The second-order valence-corrected chi connectivity index (χ2v) is 11.1. The van der Waals surface area contributed by atoms with Crippen molar-refractivity contribution in [1.29, 1.82) is 5.41 Å². The van der Waals surface area contributed by atoms with Gasteiger partial charge in [0.1, 0.15) is 24.2 Å². The fourth-order valence-electron chi connectivity index (χ4n) is 3.94. The van der Waals surface area contributed by atoms with Crippen molar-refractivity contribution in [1.82, 2.24) is 26.6 Å². The third-order valence-corrected chi connectivity index (χ3v) is 6.23. The Morgan fingerprint density at radius 3 is 1.73 bits per heavy atom. The summed E-state index contributed by atoms with van der Waals surface area (Å²) < 4.78 is 0. The summed E-state index contributed by atoms with van der Waals surface area (Å²) in [6.45, 7) is 7.25. The van der Waals surface area contributed by atoms with Gasteiger partial charge in [0, 0.05) is 13.0 Å². The molecule has 250 valence electrons. The number of guanidine groups is 1. The van der Waals surface area contributed by atoms with Gasteiger partial charge in [0.25, 0.3) is 0 Å². The summed E-state index contributed by atoms with van der Waals surface area (Å²) in [5, 5.41) is 37.6. The number of carboxylic acids is 2. The van der Waals surface area contributed by atoms with Crippen molar-refractivity contribution in [3.8, 4) is 0 Å². The number of aliphatic carboxylic acids is 2. The van der Waals surface area contributed by atoms with E-state index in [9.17, 15) is 38.7 Å². The molecule has 18 heteroatoms. The molecule has 0 rings (SSSR count). The average molecular weight is 630 g/mol. The van der Waals surface area contributed by atoms with Crippen LogP contribution in [-0.4, -0.2) is 94.4 Å². The van der Waals surface area contributed by atoms with Crippen LogP contribution in [0.4, 0.5) is 0 Å². The van der Waals surface area contributed by atoms with Crippen LogP contribution < -0.4 is 43.8 Å². The van der Waals surface area contributed by atoms with Gasteiger partial charge in [-0.3, -0.25) is 34.2 Å². The second-order valence-electron chi connectivity index (χ2n) is 11.1. The van der Waals surface area contributed by atoms with Crippen LogP contribution in [0.15, 0.2) is 0 Å². The Bertz CT molecular complexity index is 1050. The van der Waals surface area contributed by atoms with Crippen LogP contribution in [0.5, 0.6) is 0 Å². The van der Waals surface area contributed by atoms with E-state index < -0.39 is 90.4 Å². The number of carbonyl (C=O) groups is 7. The third-order valence-electron chi connectivity index (χ3n) is 6.23. The zero-order valence-corrected chi connectivity index (χ0v) is 25.5. The number of hydrogen-bond donors (Lipinski definition) is 11. The van der Waals surface area contributed by atoms with E-state index in [2.05, 4.69) is 21.3 Å². The fourth-order valence-corrected chi connectivity index (χ4v) is 3.94. The van der Waals surface area contributed by atoms with E-state index in [1.807, 2.05) is 19.2 Å². The lowest BCUT2D eigenvalue weighted by Crippen LogP contribution is -2.59. The van der Waals surface area contributed by atoms with Crippen molar-refractivity contribution < 1.29 is 43.8 Å². The zero-order valence-electron chi connectivity index (χ0n) is 25.5. The normalized spacial score (nSPS) is 14.3. The predicted molar refractivity (Wildman–Crippen MR) is 157 cm³/mol. The largest absolute Gasteiger partial charge is 0.481 e. The first-order chi connectivity index (χ1) is 20.3. The molecule has 0 radical (unpaired) electrons. The zero-order chi connectivity index (χ0) is 34.1. The van der Waals surface area contributed by atoms with Gasteiger partial charge in [-0.1, -0.05) is 27.7 Å². The van der Waals surface area contributed by atoms with Gasteiger partial charge in [0.2, 0.25) is 29.5 Å². The fraction of sp³-hybridized carbons (Fsp3) is 0.692. The lowest BCUT2D eigenvalue weighted by atomic mass is 9.99. The molecule has 0 aromatic rings. The Morgan fingerprint density at radius 1 is 0.750 bits per heavy atom. The summed E-state index contributed by atoms with van der Waals surface area (Å²) in [6.07, 6.45) is -1.18. The number of hydrogen-bond acceptors (Lipinski definition) is 9. The first-order valence-corrected chi connectivity index (χ1v) is 14.1. The molecule has 14 N–H and O–H groups in total. The van der Waals surface area contributed by atoms with E-state index in [4.69, 9.17) is 27.7 Å². The molecule has 44 heavy (non-hydrogen) atoms. The Labute approximate surface area is 255 Å². The number of nitrogens with two attached hydrogens (primary N) is 3. The van der Waals surface area contributed by atoms with E-state index in [1.165, 1.54) is 0 Å². The van der Waals surface area contributed by atoms with Gasteiger partial charge in [-0.05, 0) is 37.5 Å². The third kappa shape index (κ3) is 16.2. The monoisotopic (exact) mass is 629 g/mol. The number of nitrogens with one attached hydrogen (secondary N) is 6. The van der Waals surface area contributed by atoms with Crippen LogP contribution in [0, 0.1) is 17.2 Å².